The summed E-state index contributed by atoms with van der Waals surface area (Å²) in [6, 6.07) is 32.5. The topological polar surface area (TPSA) is 90.9 Å². The number of aliphatic hydroxyl groups excluding tert-OH is 1. The first-order valence-corrected chi connectivity index (χ1v) is 12.9. The van der Waals surface area contributed by atoms with Crippen LogP contribution in [-0.2, 0) is 6.18 Å². The molecule has 2 N–H and O–H groups in total. The number of aliphatic hydroxyl groups is 1. The lowest BCUT2D eigenvalue weighted by molar-refractivity contribution is -0.141. The molecule has 206 valence electrons. The largest absolute Gasteiger partial charge is 0.435 e. The molecule has 42 heavy (non-hydrogen) atoms. The SMILES string of the molecule is N#Cc1cccc(-n2nc(C(F)(F)F)cc2C(=O)Nc2cccc(C(O)c3cc4ccccc4c4ccccc34)c2)c1. The average molecular weight is 563 g/mol. The molecule has 0 aliphatic heterocycles. The van der Waals surface area contributed by atoms with Crippen molar-refractivity contribution < 1.29 is 23.1 Å². The van der Waals surface area contributed by atoms with Gasteiger partial charge in [0.15, 0.2) is 5.69 Å². The second kappa shape index (κ2) is 10.5. The van der Waals surface area contributed by atoms with E-state index in [0.717, 1.165) is 26.2 Å². The highest BCUT2D eigenvalue weighted by Crippen LogP contribution is 2.35. The number of fused-ring (bicyclic) bond motifs is 3. The van der Waals surface area contributed by atoms with E-state index in [1.165, 1.54) is 24.3 Å². The summed E-state index contributed by atoms with van der Waals surface area (Å²) in [5.41, 5.74) is 0.144. The van der Waals surface area contributed by atoms with Crippen LogP contribution in [-0.4, -0.2) is 20.8 Å². The van der Waals surface area contributed by atoms with Gasteiger partial charge in [0.1, 0.15) is 11.8 Å². The summed E-state index contributed by atoms with van der Waals surface area (Å²) in [6.45, 7) is 0. The molecule has 0 aliphatic carbocycles. The molecule has 9 heteroatoms. The van der Waals surface area contributed by atoms with E-state index in [4.69, 9.17) is 0 Å². The van der Waals surface area contributed by atoms with Gasteiger partial charge in [0, 0.05) is 11.8 Å². The number of nitriles is 1. The number of halogens is 3. The molecule has 0 bridgehead atoms. The molecule has 1 unspecified atom stereocenters. The zero-order valence-electron chi connectivity index (χ0n) is 21.8. The lowest BCUT2D eigenvalue weighted by atomic mass is 9.92. The van der Waals surface area contributed by atoms with E-state index >= 15 is 0 Å². The van der Waals surface area contributed by atoms with Crippen LogP contribution in [0.25, 0.3) is 27.2 Å². The molecule has 5 aromatic carbocycles. The van der Waals surface area contributed by atoms with E-state index in [2.05, 4.69) is 10.4 Å². The number of aromatic nitrogens is 2. The summed E-state index contributed by atoms with van der Waals surface area (Å²) in [5, 5.41) is 30.8. The Balaban J connectivity index is 1.36. The highest BCUT2D eigenvalue weighted by molar-refractivity contribution is 6.09. The van der Waals surface area contributed by atoms with Gasteiger partial charge in [-0.25, -0.2) is 4.68 Å². The molecule has 0 radical (unpaired) electrons. The van der Waals surface area contributed by atoms with Gasteiger partial charge in [-0.3, -0.25) is 4.79 Å². The molecule has 1 heterocycles. The molecule has 1 aromatic heterocycles. The maximum absolute atomic E-state index is 13.6. The van der Waals surface area contributed by atoms with Gasteiger partial charge >= 0.3 is 6.18 Å². The fourth-order valence-electron chi connectivity index (χ4n) is 5.06. The first-order valence-electron chi connectivity index (χ1n) is 12.9. The van der Waals surface area contributed by atoms with Crippen LogP contribution >= 0.6 is 0 Å². The number of nitrogens with one attached hydrogen (secondary N) is 1. The summed E-state index contributed by atoms with van der Waals surface area (Å²) in [5.74, 6) is -0.844. The van der Waals surface area contributed by atoms with Crippen molar-refractivity contribution >= 4 is 33.1 Å². The number of carbonyl (C=O) groups excluding carboxylic acids is 1. The van der Waals surface area contributed by atoms with Gasteiger partial charge in [-0.2, -0.15) is 23.5 Å². The van der Waals surface area contributed by atoms with Crippen molar-refractivity contribution in [1.82, 2.24) is 9.78 Å². The molecule has 0 spiro atoms. The van der Waals surface area contributed by atoms with Crippen LogP contribution in [0, 0.1) is 11.3 Å². The number of anilines is 1. The Labute approximate surface area is 237 Å². The molecule has 0 aliphatic rings. The quantitative estimate of drug-likeness (QED) is 0.214. The zero-order chi connectivity index (χ0) is 29.4. The van der Waals surface area contributed by atoms with Gasteiger partial charge in [-0.15, -0.1) is 0 Å². The zero-order valence-corrected chi connectivity index (χ0v) is 21.8. The highest BCUT2D eigenvalue weighted by atomic mass is 19.4. The van der Waals surface area contributed by atoms with Gasteiger partial charge in [0.05, 0.1) is 17.3 Å². The normalized spacial score (nSPS) is 12.3. The molecule has 6 nitrogen and oxygen atoms in total. The molecule has 6 aromatic rings. The minimum Gasteiger partial charge on any atom is -0.384 e. The van der Waals surface area contributed by atoms with Crippen LogP contribution in [0.4, 0.5) is 18.9 Å². The number of rotatable bonds is 5. The van der Waals surface area contributed by atoms with Crippen LogP contribution in [0.5, 0.6) is 0 Å². The van der Waals surface area contributed by atoms with Crippen molar-refractivity contribution in [2.24, 2.45) is 0 Å². The minimum absolute atomic E-state index is 0.127. The standard InChI is InChI=1S/C33H21F3N4O2/c34-33(35,36)30-18-29(40(39-30)24-11-5-7-20(15-24)19-37)32(42)38-23-10-6-9-22(16-23)31(41)28-17-21-8-1-2-12-25(21)26-13-3-4-14-27(26)28/h1-18,31,41H,(H,38,42). The summed E-state index contributed by atoms with van der Waals surface area (Å²) in [4.78, 5) is 13.3. The molecular formula is C33H21F3N4O2. The Morgan fingerprint density at radius 2 is 1.57 bits per heavy atom. The Bertz CT molecular complexity index is 2020. The number of nitrogens with zero attached hydrogens (tertiary/aromatic N) is 3. The highest BCUT2D eigenvalue weighted by Gasteiger charge is 2.36. The van der Waals surface area contributed by atoms with Crippen LogP contribution < -0.4 is 5.32 Å². The number of hydrogen-bond donors (Lipinski definition) is 2. The van der Waals surface area contributed by atoms with Gasteiger partial charge in [0.2, 0.25) is 0 Å². The number of alkyl halides is 3. The third-order valence-corrected chi connectivity index (χ3v) is 7.01. The van der Waals surface area contributed by atoms with Gasteiger partial charge in [-0.1, -0.05) is 66.7 Å². The van der Waals surface area contributed by atoms with Crippen molar-refractivity contribution in [2.45, 2.75) is 12.3 Å². The summed E-state index contributed by atoms with van der Waals surface area (Å²) < 4.78 is 41.5. The van der Waals surface area contributed by atoms with E-state index in [0.29, 0.717) is 17.2 Å². The van der Waals surface area contributed by atoms with E-state index in [1.807, 2.05) is 60.7 Å². The molecule has 0 saturated heterocycles. The first kappa shape index (κ1) is 26.7. The number of hydrogen-bond acceptors (Lipinski definition) is 4. The smallest absolute Gasteiger partial charge is 0.384 e. The third kappa shape index (κ3) is 4.96. The van der Waals surface area contributed by atoms with Crippen molar-refractivity contribution in [3.63, 3.8) is 0 Å². The first-order chi connectivity index (χ1) is 20.2. The van der Waals surface area contributed by atoms with E-state index in [-0.39, 0.29) is 22.6 Å². The summed E-state index contributed by atoms with van der Waals surface area (Å²) >= 11 is 0. The second-order valence-electron chi connectivity index (χ2n) is 9.70. The fourth-order valence-corrected chi connectivity index (χ4v) is 5.06. The number of amides is 1. The van der Waals surface area contributed by atoms with Gasteiger partial charge < -0.3 is 10.4 Å². The van der Waals surface area contributed by atoms with Crippen molar-refractivity contribution in [1.29, 1.82) is 5.26 Å². The lowest BCUT2D eigenvalue weighted by Crippen LogP contribution is -2.17. The molecule has 1 amide bonds. The van der Waals surface area contributed by atoms with Crippen LogP contribution in [0.1, 0.15) is 39.0 Å². The summed E-state index contributed by atoms with van der Waals surface area (Å²) in [6.07, 6.45) is -5.84. The Morgan fingerprint density at radius 3 is 2.33 bits per heavy atom. The predicted molar refractivity (Wildman–Crippen MR) is 153 cm³/mol. The summed E-state index contributed by atoms with van der Waals surface area (Å²) in [7, 11) is 0. The van der Waals surface area contributed by atoms with E-state index in [1.54, 1.807) is 24.3 Å². The van der Waals surface area contributed by atoms with Gasteiger partial charge in [0.25, 0.3) is 5.91 Å². The number of carbonyl (C=O) groups is 1. The fraction of sp³-hybridized carbons (Fsp3) is 0.0606. The van der Waals surface area contributed by atoms with Crippen LogP contribution in [0.15, 0.2) is 109 Å². The third-order valence-electron chi connectivity index (χ3n) is 7.01. The van der Waals surface area contributed by atoms with Crippen molar-refractivity contribution in [3.05, 3.63) is 137 Å². The average Bonchev–Trinajstić information content (AvgIpc) is 3.47. The maximum Gasteiger partial charge on any atom is 0.435 e. The Morgan fingerprint density at radius 1 is 0.857 bits per heavy atom. The molecule has 1 atom stereocenters. The van der Waals surface area contributed by atoms with Crippen LogP contribution in [0.3, 0.4) is 0 Å². The Hall–Kier alpha value is -5.46. The molecule has 0 fully saturated rings. The van der Waals surface area contributed by atoms with E-state index in [9.17, 15) is 28.3 Å². The van der Waals surface area contributed by atoms with E-state index < -0.39 is 23.9 Å². The number of benzene rings is 5. The molecule has 0 saturated carbocycles. The van der Waals surface area contributed by atoms with Crippen molar-refractivity contribution in [3.8, 4) is 11.8 Å². The predicted octanol–water partition coefficient (Wildman–Crippen LogP) is 7.40. The van der Waals surface area contributed by atoms with Crippen molar-refractivity contribution in [2.75, 3.05) is 5.32 Å². The Kier molecular flexibility index (Phi) is 6.69. The monoisotopic (exact) mass is 562 g/mol. The minimum atomic E-state index is -4.79. The second-order valence-corrected chi connectivity index (χ2v) is 9.70. The van der Waals surface area contributed by atoms with Gasteiger partial charge in [-0.05, 0) is 69.1 Å². The van der Waals surface area contributed by atoms with Crippen LogP contribution in [0.2, 0.25) is 0 Å². The molecular weight excluding hydrogens is 541 g/mol. The maximum atomic E-state index is 13.6. The molecule has 6 rings (SSSR count). The lowest BCUT2D eigenvalue weighted by Gasteiger charge is -2.17.